The maximum Gasteiger partial charge on any atom is 0.156 e. The van der Waals surface area contributed by atoms with Gasteiger partial charge in [0, 0.05) is 18.3 Å². The van der Waals surface area contributed by atoms with Gasteiger partial charge in [0.1, 0.15) is 5.82 Å². The molecule has 4 heteroatoms. The van der Waals surface area contributed by atoms with Gasteiger partial charge in [-0.3, -0.25) is 4.79 Å². The molecule has 4 rings (SSSR count). The topological polar surface area (TPSA) is 55.1 Å². The Labute approximate surface area is 189 Å². The van der Waals surface area contributed by atoms with Gasteiger partial charge < -0.3 is 9.67 Å². The molecule has 0 aromatic carbocycles. The fourth-order valence-corrected chi connectivity index (χ4v) is 7.96. The summed E-state index contributed by atoms with van der Waals surface area (Å²) >= 11 is 0. The van der Waals surface area contributed by atoms with E-state index >= 15 is 0 Å². The molecule has 0 unspecified atom stereocenters. The molecule has 1 N–H and O–H groups in total. The van der Waals surface area contributed by atoms with Crippen molar-refractivity contribution in [2.45, 2.75) is 110 Å². The summed E-state index contributed by atoms with van der Waals surface area (Å²) in [7, 11) is 0. The van der Waals surface area contributed by atoms with Crippen molar-refractivity contribution >= 4 is 5.78 Å². The summed E-state index contributed by atoms with van der Waals surface area (Å²) < 4.78 is 2.02. The highest BCUT2D eigenvalue weighted by Gasteiger charge is 2.55. The quantitative estimate of drug-likeness (QED) is 0.584. The molecule has 1 aromatic heterocycles. The minimum atomic E-state index is -0.454. The van der Waals surface area contributed by atoms with Crippen LogP contribution in [0.3, 0.4) is 0 Å². The second-order valence-electron chi connectivity index (χ2n) is 11.7. The number of fused-ring (bicyclic) bond motifs is 1. The maximum atomic E-state index is 13.4. The lowest BCUT2D eigenvalue weighted by molar-refractivity contribution is -0.129. The minimum absolute atomic E-state index is 0.167. The van der Waals surface area contributed by atoms with Crippen LogP contribution in [0.4, 0.5) is 0 Å². The lowest BCUT2D eigenvalue weighted by Gasteiger charge is -2.49. The second-order valence-corrected chi connectivity index (χ2v) is 11.7. The summed E-state index contributed by atoms with van der Waals surface area (Å²) in [4.78, 5) is 17.7. The van der Waals surface area contributed by atoms with E-state index in [1.807, 2.05) is 24.6 Å². The molecule has 3 aliphatic carbocycles. The van der Waals surface area contributed by atoms with Crippen LogP contribution in [0.5, 0.6) is 0 Å². The number of ketones is 1. The fraction of sp³-hybridized carbons (Fsp3) is 0.852. The molecule has 0 amide bonds. The van der Waals surface area contributed by atoms with E-state index < -0.39 is 5.60 Å². The molecule has 31 heavy (non-hydrogen) atoms. The number of hydrogen-bond donors (Lipinski definition) is 1. The highest BCUT2D eigenvalue weighted by Crippen LogP contribution is 2.60. The van der Waals surface area contributed by atoms with Crippen LogP contribution >= 0.6 is 0 Å². The Balaban J connectivity index is 1.44. The third-order valence-corrected chi connectivity index (χ3v) is 9.71. The van der Waals surface area contributed by atoms with Gasteiger partial charge in [-0.1, -0.05) is 39.5 Å². The number of rotatable bonds is 7. The summed E-state index contributed by atoms with van der Waals surface area (Å²) in [6.45, 7) is 9.31. The summed E-state index contributed by atoms with van der Waals surface area (Å²) in [6.07, 6.45) is 16.7. The number of Topliss-reactive ketones (excluding diaryl/α,β-unsaturated/α-hetero) is 1. The normalized spacial score (nSPS) is 40.6. The highest BCUT2D eigenvalue weighted by atomic mass is 16.3. The van der Waals surface area contributed by atoms with Crippen molar-refractivity contribution in [1.29, 1.82) is 0 Å². The molecule has 3 saturated carbocycles. The van der Waals surface area contributed by atoms with Crippen molar-refractivity contribution in [3.63, 3.8) is 0 Å². The van der Waals surface area contributed by atoms with Crippen LogP contribution in [0, 0.1) is 41.9 Å². The van der Waals surface area contributed by atoms with Crippen LogP contribution in [0.15, 0.2) is 12.4 Å². The van der Waals surface area contributed by atoms with Crippen molar-refractivity contribution < 1.29 is 9.90 Å². The molecule has 174 valence electrons. The lowest BCUT2D eigenvalue weighted by atomic mass is 9.56. The van der Waals surface area contributed by atoms with E-state index in [1.54, 1.807) is 6.20 Å². The monoisotopic (exact) mass is 428 g/mol. The average Bonchev–Trinajstić information content (AvgIpc) is 3.28. The second kappa shape index (κ2) is 9.00. The van der Waals surface area contributed by atoms with Crippen LogP contribution in [-0.2, 0) is 11.3 Å². The molecule has 3 fully saturated rings. The lowest BCUT2D eigenvalue weighted by Crippen LogP contribution is -2.44. The minimum Gasteiger partial charge on any atom is -0.390 e. The molecular formula is C27H44N2O2. The molecule has 0 saturated heterocycles. The third kappa shape index (κ3) is 4.65. The number of aromatic nitrogens is 2. The summed E-state index contributed by atoms with van der Waals surface area (Å²) in [5.41, 5.74) is -0.287. The first-order valence-corrected chi connectivity index (χ1v) is 13.0. The van der Waals surface area contributed by atoms with E-state index in [0.29, 0.717) is 24.2 Å². The van der Waals surface area contributed by atoms with Crippen molar-refractivity contribution in [2.75, 3.05) is 0 Å². The molecule has 0 radical (unpaired) electrons. The summed E-state index contributed by atoms with van der Waals surface area (Å²) in [5.74, 6) is 4.49. The third-order valence-electron chi connectivity index (χ3n) is 9.71. The van der Waals surface area contributed by atoms with Crippen molar-refractivity contribution in [3.8, 4) is 0 Å². The molecule has 7 atom stereocenters. The number of carbonyl (C=O) groups is 1. The van der Waals surface area contributed by atoms with Gasteiger partial charge in [0.25, 0.3) is 0 Å². The van der Waals surface area contributed by atoms with Crippen LogP contribution < -0.4 is 0 Å². The van der Waals surface area contributed by atoms with Crippen LogP contribution in [0.25, 0.3) is 0 Å². The Kier molecular flexibility index (Phi) is 6.68. The first kappa shape index (κ1) is 23.0. The zero-order chi connectivity index (χ0) is 22.2. The average molecular weight is 429 g/mol. The zero-order valence-corrected chi connectivity index (χ0v) is 20.3. The van der Waals surface area contributed by atoms with Gasteiger partial charge in [-0.2, -0.15) is 0 Å². The molecule has 1 aromatic rings. The smallest absolute Gasteiger partial charge is 0.156 e. The van der Waals surface area contributed by atoms with Gasteiger partial charge in [-0.15, -0.1) is 0 Å². The van der Waals surface area contributed by atoms with Crippen molar-refractivity contribution in [2.24, 2.45) is 35.0 Å². The Bertz CT molecular complexity index is 769. The number of imidazole rings is 1. The largest absolute Gasteiger partial charge is 0.390 e. The van der Waals surface area contributed by atoms with Crippen LogP contribution in [0.1, 0.15) is 97.2 Å². The van der Waals surface area contributed by atoms with Gasteiger partial charge in [-0.05, 0) is 87.9 Å². The number of hydrogen-bond acceptors (Lipinski definition) is 3. The van der Waals surface area contributed by atoms with Gasteiger partial charge in [0.05, 0.1) is 12.1 Å². The van der Waals surface area contributed by atoms with Gasteiger partial charge >= 0.3 is 0 Å². The molecule has 0 aliphatic heterocycles. The Hall–Kier alpha value is -1.16. The van der Waals surface area contributed by atoms with Crippen LogP contribution in [0.2, 0.25) is 0 Å². The fourth-order valence-electron chi connectivity index (χ4n) is 7.96. The Morgan fingerprint density at radius 2 is 2.00 bits per heavy atom. The van der Waals surface area contributed by atoms with E-state index in [-0.39, 0.29) is 11.3 Å². The van der Waals surface area contributed by atoms with E-state index in [0.717, 1.165) is 36.9 Å². The standard InChI is InChI=1S/C27H44N2O2/c1-5-21-12-14-27(4)23(22(21)9-8-20-7-6-13-26(3,31)17-20)10-11-24(27)25(30)18-29-16-15-28-19(29)2/h15-16,20-24,31H,5-14,17-18H2,1-4H3/t20-,21-,22+,23-,24+,26+,27-/m0/s1. The van der Waals surface area contributed by atoms with E-state index in [1.165, 1.54) is 51.4 Å². The van der Waals surface area contributed by atoms with Crippen LogP contribution in [-0.4, -0.2) is 26.0 Å². The predicted molar refractivity (Wildman–Crippen MR) is 125 cm³/mol. The first-order valence-electron chi connectivity index (χ1n) is 13.0. The highest BCUT2D eigenvalue weighted by molar-refractivity contribution is 5.82. The van der Waals surface area contributed by atoms with Gasteiger partial charge in [0.15, 0.2) is 5.78 Å². The molecular weight excluding hydrogens is 384 g/mol. The number of aryl methyl sites for hydroxylation is 1. The van der Waals surface area contributed by atoms with E-state index in [2.05, 4.69) is 18.8 Å². The van der Waals surface area contributed by atoms with Gasteiger partial charge in [-0.25, -0.2) is 4.98 Å². The molecule has 0 bridgehead atoms. The van der Waals surface area contributed by atoms with E-state index in [4.69, 9.17) is 0 Å². The summed E-state index contributed by atoms with van der Waals surface area (Å²) in [6, 6.07) is 0. The summed E-state index contributed by atoms with van der Waals surface area (Å²) in [5, 5.41) is 10.5. The number of carbonyl (C=O) groups excluding carboxylic acids is 1. The molecule has 4 nitrogen and oxygen atoms in total. The number of nitrogens with zero attached hydrogens (tertiary/aromatic N) is 2. The van der Waals surface area contributed by atoms with E-state index in [9.17, 15) is 9.90 Å². The van der Waals surface area contributed by atoms with Gasteiger partial charge in [0.2, 0.25) is 0 Å². The molecule has 1 heterocycles. The molecule has 0 spiro atoms. The zero-order valence-electron chi connectivity index (χ0n) is 20.3. The first-order chi connectivity index (χ1) is 14.7. The van der Waals surface area contributed by atoms with Crippen molar-refractivity contribution in [3.05, 3.63) is 18.2 Å². The Morgan fingerprint density at radius 3 is 2.68 bits per heavy atom. The maximum absolute atomic E-state index is 13.4. The van der Waals surface area contributed by atoms with Crippen molar-refractivity contribution in [1.82, 2.24) is 9.55 Å². The number of aliphatic hydroxyl groups is 1. The molecule has 3 aliphatic rings. The SMILES string of the molecule is CC[C@H]1CC[C@]2(C)[C@@H](C(=O)Cn3ccnc3C)CC[C@H]2[C@@H]1CC[C@@H]1CCC[C@@](C)(O)C1. The Morgan fingerprint density at radius 1 is 1.19 bits per heavy atom. The predicted octanol–water partition coefficient (Wildman–Crippen LogP) is 5.95.